The van der Waals surface area contributed by atoms with Crippen LogP contribution in [0.15, 0.2) is 71.6 Å². The zero-order valence-corrected chi connectivity index (χ0v) is 18.8. The SMILES string of the molecule is O=C(NCCc1ccccc1F)c1cc(S(=O)(=O)N2CCc3ccccc3C2)ccc1Cl. The Bertz CT molecular complexity index is 1260. The molecule has 1 heterocycles. The van der Waals surface area contributed by atoms with Gasteiger partial charge in [0.1, 0.15) is 5.82 Å². The average Bonchev–Trinajstić information content (AvgIpc) is 2.80. The molecule has 0 bridgehead atoms. The first-order valence-electron chi connectivity index (χ1n) is 10.2. The van der Waals surface area contributed by atoms with Crippen molar-refractivity contribution < 1.29 is 17.6 Å². The lowest BCUT2D eigenvalue weighted by Gasteiger charge is -2.28. The highest BCUT2D eigenvalue weighted by molar-refractivity contribution is 7.89. The molecule has 0 radical (unpaired) electrons. The van der Waals surface area contributed by atoms with E-state index in [9.17, 15) is 17.6 Å². The molecule has 1 aliphatic rings. The molecule has 4 rings (SSSR count). The van der Waals surface area contributed by atoms with Crippen LogP contribution in [-0.2, 0) is 29.4 Å². The third-order valence-corrected chi connectivity index (χ3v) is 7.72. The molecule has 0 saturated carbocycles. The summed E-state index contributed by atoms with van der Waals surface area (Å²) in [6, 6.07) is 18.2. The predicted octanol–water partition coefficient (Wildman–Crippen LogP) is 4.20. The maximum Gasteiger partial charge on any atom is 0.252 e. The van der Waals surface area contributed by atoms with E-state index in [0.29, 0.717) is 24.9 Å². The van der Waals surface area contributed by atoms with E-state index in [4.69, 9.17) is 11.6 Å². The maximum absolute atomic E-state index is 13.7. The number of hydrogen-bond acceptors (Lipinski definition) is 3. The summed E-state index contributed by atoms with van der Waals surface area (Å²) < 4.78 is 41.6. The fourth-order valence-electron chi connectivity index (χ4n) is 3.77. The zero-order valence-electron chi connectivity index (χ0n) is 17.2. The second kappa shape index (κ2) is 9.40. The first kappa shape index (κ1) is 22.5. The lowest BCUT2D eigenvalue weighted by Crippen LogP contribution is -2.36. The number of carbonyl (C=O) groups excluding carboxylic acids is 1. The summed E-state index contributed by atoms with van der Waals surface area (Å²) in [5.74, 6) is -0.844. The van der Waals surface area contributed by atoms with E-state index < -0.39 is 15.9 Å². The average molecular weight is 473 g/mol. The van der Waals surface area contributed by atoms with Crippen LogP contribution in [0.5, 0.6) is 0 Å². The number of nitrogens with one attached hydrogen (secondary N) is 1. The summed E-state index contributed by atoms with van der Waals surface area (Å²) in [5, 5.41) is 2.84. The minimum absolute atomic E-state index is 0.0144. The minimum Gasteiger partial charge on any atom is -0.352 e. The number of sulfonamides is 1. The van der Waals surface area contributed by atoms with E-state index in [1.165, 1.54) is 28.6 Å². The molecular formula is C24H22ClFN2O3S. The van der Waals surface area contributed by atoms with Gasteiger partial charge >= 0.3 is 0 Å². The molecule has 8 heteroatoms. The van der Waals surface area contributed by atoms with Crippen LogP contribution in [0.3, 0.4) is 0 Å². The van der Waals surface area contributed by atoms with Gasteiger partial charge in [-0.15, -0.1) is 0 Å². The lowest BCUT2D eigenvalue weighted by molar-refractivity contribution is 0.0954. The molecule has 1 aliphatic heterocycles. The van der Waals surface area contributed by atoms with Gasteiger partial charge in [0.05, 0.1) is 15.5 Å². The van der Waals surface area contributed by atoms with Gasteiger partial charge in [0, 0.05) is 19.6 Å². The van der Waals surface area contributed by atoms with E-state index in [1.54, 1.807) is 18.2 Å². The molecule has 3 aromatic carbocycles. The van der Waals surface area contributed by atoms with Crippen molar-refractivity contribution in [2.45, 2.75) is 24.3 Å². The molecule has 0 spiro atoms. The lowest BCUT2D eigenvalue weighted by atomic mass is 10.0. The van der Waals surface area contributed by atoms with E-state index in [1.807, 2.05) is 24.3 Å². The van der Waals surface area contributed by atoms with Crippen LogP contribution in [0, 0.1) is 5.82 Å². The largest absolute Gasteiger partial charge is 0.352 e. The number of nitrogens with zero attached hydrogens (tertiary/aromatic N) is 1. The van der Waals surface area contributed by atoms with Crippen LogP contribution in [0.4, 0.5) is 4.39 Å². The van der Waals surface area contributed by atoms with Crippen LogP contribution in [0.2, 0.25) is 5.02 Å². The van der Waals surface area contributed by atoms with Crippen LogP contribution >= 0.6 is 11.6 Å². The molecule has 0 aromatic heterocycles. The van der Waals surface area contributed by atoms with Crippen LogP contribution < -0.4 is 5.32 Å². The number of hydrogen-bond donors (Lipinski definition) is 1. The molecule has 0 atom stereocenters. The Balaban J connectivity index is 1.49. The highest BCUT2D eigenvalue weighted by Crippen LogP contribution is 2.27. The van der Waals surface area contributed by atoms with Gasteiger partial charge in [-0.2, -0.15) is 4.31 Å². The number of fused-ring (bicyclic) bond motifs is 1. The quantitative estimate of drug-likeness (QED) is 0.584. The number of rotatable bonds is 6. The molecule has 0 aliphatic carbocycles. The Morgan fingerprint density at radius 3 is 2.53 bits per heavy atom. The third-order valence-electron chi connectivity index (χ3n) is 5.55. The Kier molecular flexibility index (Phi) is 6.60. The van der Waals surface area contributed by atoms with Crippen LogP contribution in [-0.4, -0.2) is 31.7 Å². The third kappa shape index (κ3) is 4.70. The second-order valence-corrected chi connectivity index (χ2v) is 9.94. The monoisotopic (exact) mass is 472 g/mol. The Morgan fingerprint density at radius 2 is 1.75 bits per heavy atom. The van der Waals surface area contributed by atoms with Crippen molar-refractivity contribution in [3.05, 3.63) is 99.8 Å². The Hall–Kier alpha value is -2.74. The summed E-state index contributed by atoms with van der Waals surface area (Å²) in [5.41, 5.74) is 2.67. The fourth-order valence-corrected chi connectivity index (χ4v) is 5.42. The van der Waals surface area contributed by atoms with Crippen molar-refractivity contribution in [3.8, 4) is 0 Å². The number of halogens is 2. The van der Waals surface area contributed by atoms with Gasteiger partial charge in [0.25, 0.3) is 5.91 Å². The van der Waals surface area contributed by atoms with Crippen molar-refractivity contribution >= 4 is 27.5 Å². The van der Waals surface area contributed by atoms with E-state index in [-0.39, 0.29) is 34.4 Å². The first-order valence-corrected chi connectivity index (χ1v) is 12.1. The fraction of sp³-hybridized carbons (Fsp3) is 0.208. The van der Waals surface area contributed by atoms with Crippen LogP contribution in [0.1, 0.15) is 27.0 Å². The van der Waals surface area contributed by atoms with E-state index in [2.05, 4.69) is 5.32 Å². The Labute approximate surface area is 191 Å². The molecule has 32 heavy (non-hydrogen) atoms. The van der Waals surface area contributed by atoms with Gasteiger partial charge in [-0.05, 0) is 53.8 Å². The molecule has 5 nitrogen and oxygen atoms in total. The highest BCUT2D eigenvalue weighted by Gasteiger charge is 2.29. The molecule has 166 valence electrons. The maximum atomic E-state index is 13.7. The normalized spacial score (nSPS) is 14.1. The van der Waals surface area contributed by atoms with Gasteiger partial charge < -0.3 is 5.32 Å². The predicted molar refractivity (Wildman–Crippen MR) is 122 cm³/mol. The highest BCUT2D eigenvalue weighted by atomic mass is 35.5. The number of benzene rings is 3. The van der Waals surface area contributed by atoms with Gasteiger partial charge in [-0.3, -0.25) is 4.79 Å². The molecule has 0 saturated heterocycles. The molecule has 1 amide bonds. The minimum atomic E-state index is -3.80. The number of carbonyl (C=O) groups is 1. The summed E-state index contributed by atoms with van der Waals surface area (Å²) >= 11 is 6.19. The smallest absolute Gasteiger partial charge is 0.252 e. The summed E-state index contributed by atoms with van der Waals surface area (Å²) in [4.78, 5) is 12.7. The second-order valence-electron chi connectivity index (χ2n) is 7.60. The van der Waals surface area contributed by atoms with E-state index in [0.717, 1.165) is 11.1 Å². The number of amides is 1. The van der Waals surface area contributed by atoms with Crippen molar-refractivity contribution in [2.75, 3.05) is 13.1 Å². The molecular weight excluding hydrogens is 451 g/mol. The Morgan fingerprint density at radius 1 is 1.03 bits per heavy atom. The summed E-state index contributed by atoms with van der Waals surface area (Å²) in [6.45, 7) is 0.841. The van der Waals surface area contributed by atoms with E-state index >= 15 is 0 Å². The van der Waals surface area contributed by atoms with Gasteiger partial charge in [0.15, 0.2) is 0 Å². The van der Waals surface area contributed by atoms with Gasteiger partial charge in [-0.1, -0.05) is 54.1 Å². The molecule has 0 fully saturated rings. The summed E-state index contributed by atoms with van der Waals surface area (Å²) in [7, 11) is -3.80. The molecule has 3 aromatic rings. The molecule has 1 N–H and O–H groups in total. The van der Waals surface area contributed by atoms with Crippen molar-refractivity contribution in [3.63, 3.8) is 0 Å². The van der Waals surface area contributed by atoms with Crippen LogP contribution in [0.25, 0.3) is 0 Å². The van der Waals surface area contributed by atoms with Gasteiger partial charge in [-0.25, -0.2) is 12.8 Å². The first-order chi connectivity index (χ1) is 15.4. The van der Waals surface area contributed by atoms with Crippen molar-refractivity contribution in [1.29, 1.82) is 0 Å². The van der Waals surface area contributed by atoms with Crippen molar-refractivity contribution in [2.24, 2.45) is 0 Å². The van der Waals surface area contributed by atoms with Gasteiger partial charge in [0.2, 0.25) is 10.0 Å². The van der Waals surface area contributed by atoms with Crippen molar-refractivity contribution in [1.82, 2.24) is 9.62 Å². The topological polar surface area (TPSA) is 66.5 Å². The molecule has 0 unspecified atom stereocenters. The summed E-state index contributed by atoms with van der Waals surface area (Å²) in [6.07, 6.45) is 0.938. The zero-order chi connectivity index (χ0) is 22.7. The standard InChI is InChI=1S/C24H22ClFN2O3S/c25-22-10-9-20(32(30,31)28-14-12-17-5-1-2-7-19(17)16-28)15-21(22)24(29)27-13-11-18-6-3-4-8-23(18)26/h1-10,15H,11-14,16H2,(H,27,29).